The summed E-state index contributed by atoms with van der Waals surface area (Å²) in [6.07, 6.45) is 2.01. The number of hydrogen-bond acceptors (Lipinski definition) is 7. The number of aromatic nitrogens is 4. The van der Waals surface area contributed by atoms with Crippen molar-refractivity contribution in [3.8, 4) is 0 Å². The molecule has 4 rings (SSSR count). The first kappa shape index (κ1) is 19.6. The van der Waals surface area contributed by atoms with Crippen LogP contribution in [0.2, 0.25) is 0 Å². The molecule has 3 heterocycles. The maximum absolute atomic E-state index is 10.2. The van der Waals surface area contributed by atoms with E-state index in [2.05, 4.69) is 42.6 Å². The number of aryl methyl sites for hydroxylation is 2. The van der Waals surface area contributed by atoms with Gasteiger partial charge in [-0.25, -0.2) is 15.0 Å². The predicted octanol–water partition coefficient (Wildman–Crippen LogP) is 1.79. The highest BCUT2D eigenvalue weighted by molar-refractivity contribution is 5.79. The van der Waals surface area contributed by atoms with E-state index < -0.39 is 0 Å². The van der Waals surface area contributed by atoms with Crippen LogP contribution < -0.4 is 10.2 Å². The zero-order chi connectivity index (χ0) is 20.5. The smallest absolute Gasteiger partial charge is 0.134 e. The number of rotatable bonds is 6. The van der Waals surface area contributed by atoms with Gasteiger partial charge in [0.1, 0.15) is 23.8 Å². The van der Waals surface area contributed by atoms with Crippen LogP contribution in [0.3, 0.4) is 0 Å². The Hall–Kier alpha value is -2.71. The Morgan fingerprint density at radius 3 is 2.86 bits per heavy atom. The summed E-state index contributed by atoms with van der Waals surface area (Å²) in [5.74, 6) is 2.55. The van der Waals surface area contributed by atoms with Crippen LogP contribution in [0.5, 0.6) is 0 Å². The van der Waals surface area contributed by atoms with Crippen LogP contribution in [0.25, 0.3) is 11.0 Å². The number of imidazole rings is 1. The summed E-state index contributed by atoms with van der Waals surface area (Å²) in [6, 6.07) is 8.37. The molecule has 29 heavy (non-hydrogen) atoms. The molecule has 0 radical (unpaired) electrons. The van der Waals surface area contributed by atoms with E-state index in [9.17, 15) is 5.11 Å². The lowest BCUT2D eigenvalue weighted by Gasteiger charge is -2.27. The fourth-order valence-electron chi connectivity index (χ4n) is 4.21. The topological polar surface area (TPSA) is 82.3 Å². The van der Waals surface area contributed by atoms with Crippen LogP contribution >= 0.6 is 0 Å². The Morgan fingerprint density at radius 2 is 2.10 bits per heavy atom. The van der Waals surface area contributed by atoms with Gasteiger partial charge < -0.3 is 24.8 Å². The number of nitrogens with one attached hydrogen (secondary N) is 1. The summed E-state index contributed by atoms with van der Waals surface area (Å²) in [5.41, 5.74) is 3.38. The standard InChI is InChI=1S/C21H29N7O/c1-14-6-5-7-17-21(14)27(4)20(25-17)10-22-18-9-19(24-13-23-18)28-12-16(29)8-15(28)11-26(2)3/h5-7,9,13,15-16,29H,8,10-12H2,1-4H3,(H,22,23,24)/t15-,16-/m1/s1. The normalized spacial score (nSPS) is 19.4. The largest absolute Gasteiger partial charge is 0.391 e. The third-order valence-corrected chi connectivity index (χ3v) is 5.53. The number of β-amino-alcohol motifs (C(OH)–C–C–N with tert-alkyl or cyclic N) is 1. The van der Waals surface area contributed by atoms with Gasteiger partial charge in [-0.15, -0.1) is 0 Å². The van der Waals surface area contributed by atoms with Crippen molar-refractivity contribution in [1.82, 2.24) is 24.4 Å². The number of fused-ring (bicyclic) bond motifs is 1. The first-order chi connectivity index (χ1) is 13.9. The van der Waals surface area contributed by atoms with Crippen LogP contribution in [0, 0.1) is 6.92 Å². The summed E-state index contributed by atoms with van der Waals surface area (Å²) in [6.45, 7) is 4.15. The van der Waals surface area contributed by atoms with Crippen molar-refractivity contribution in [3.63, 3.8) is 0 Å². The summed E-state index contributed by atoms with van der Waals surface area (Å²) in [7, 11) is 6.14. The quantitative estimate of drug-likeness (QED) is 0.658. The average molecular weight is 396 g/mol. The van der Waals surface area contributed by atoms with Crippen molar-refractivity contribution in [3.05, 3.63) is 42.0 Å². The summed E-state index contributed by atoms with van der Waals surface area (Å²) >= 11 is 0. The van der Waals surface area contributed by atoms with Gasteiger partial charge in [0, 0.05) is 32.2 Å². The molecule has 0 spiro atoms. The molecule has 2 atom stereocenters. The molecule has 154 valence electrons. The molecule has 0 saturated carbocycles. The van der Waals surface area contributed by atoms with Crippen molar-refractivity contribution < 1.29 is 5.11 Å². The first-order valence-electron chi connectivity index (χ1n) is 9.98. The molecule has 0 aliphatic carbocycles. The van der Waals surface area contributed by atoms with E-state index in [1.165, 1.54) is 5.56 Å². The van der Waals surface area contributed by atoms with Crippen LogP contribution in [0.1, 0.15) is 17.8 Å². The molecule has 0 amide bonds. The van der Waals surface area contributed by atoms with Gasteiger partial charge in [0.25, 0.3) is 0 Å². The minimum absolute atomic E-state index is 0.241. The molecule has 1 aromatic carbocycles. The molecule has 0 unspecified atom stereocenters. The minimum atomic E-state index is -0.324. The van der Waals surface area contributed by atoms with Gasteiger partial charge in [-0.2, -0.15) is 0 Å². The molecule has 0 bridgehead atoms. The number of hydrogen-bond donors (Lipinski definition) is 2. The Bertz CT molecular complexity index is 1000. The van der Waals surface area contributed by atoms with Gasteiger partial charge in [0.2, 0.25) is 0 Å². The highest BCUT2D eigenvalue weighted by atomic mass is 16.3. The third kappa shape index (κ3) is 4.04. The number of aliphatic hydroxyl groups is 1. The van der Waals surface area contributed by atoms with Gasteiger partial charge >= 0.3 is 0 Å². The van der Waals surface area contributed by atoms with Crippen molar-refractivity contribution in [2.45, 2.75) is 32.0 Å². The number of nitrogens with zero attached hydrogens (tertiary/aromatic N) is 6. The van der Waals surface area contributed by atoms with Crippen molar-refractivity contribution in [1.29, 1.82) is 0 Å². The van der Waals surface area contributed by atoms with Gasteiger partial charge in [-0.3, -0.25) is 0 Å². The minimum Gasteiger partial charge on any atom is -0.391 e. The van der Waals surface area contributed by atoms with E-state index in [4.69, 9.17) is 4.98 Å². The number of likely N-dealkylation sites (N-methyl/N-ethyl adjacent to an activating group) is 1. The second-order valence-corrected chi connectivity index (χ2v) is 8.10. The van der Waals surface area contributed by atoms with Gasteiger partial charge in [0.15, 0.2) is 0 Å². The third-order valence-electron chi connectivity index (χ3n) is 5.53. The Labute approximate surface area is 171 Å². The van der Waals surface area contributed by atoms with E-state index in [-0.39, 0.29) is 12.1 Å². The molecule has 1 aliphatic heterocycles. The van der Waals surface area contributed by atoms with Crippen LogP contribution in [0.4, 0.5) is 11.6 Å². The lowest BCUT2D eigenvalue weighted by Crippen LogP contribution is -2.38. The molecule has 1 aliphatic rings. The molecule has 8 nitrogen and oxygen atoms in total. The number of benzene rings is 1. The molecular weight excluding hydrogens is 366 g/mol. The van der Waals surface area contributed by atoms with Crippen LogP contribution in [-0.4, -0.2) is 68.9 Å². The van der Waals surface area contributed by atoms with E-state index in [1.807, 2.05) is 39.3 Å². The molecule has 2 aromatic heterocycles. The Kier molecular flexibility index (Phi) is 5.38. The molecule has 3 aromatic rings. The molecule has 1 saturated heterocycles. The highest BCUT2D eigenvalue weighted by Gasteiger charge is 2.32. The molecular formula is C21H29N7O. The fourth-order valence-corrected chi connectivity index (χ4v) is 4.21. The lowest BCUT2D eigenvalue weighted by molar-refractivity contribution is 0.191. The van der Waals surface area contributed by atoms with E-state index in [0.29, 0.717) is 13.1 Å². The predicted molar refractivity (Wildman–Crippen MR) is 115 cm³/mol. The summed E-state index contributed by atoms with van der Waals surface area (Å²) < 4.78 is 2.13. The van der Waals surface area contributed by atoms with Crippen molar-refractivity contribution >= 4 is 22.7 Å². The number of para-hydroxylation sites is 1. The van der Waals surface area contributed by atoms with Gasteiger partial charge in [-0.05, 0) is 39.1 Å². The highest BCUT2D eigenvalue weighted by Crippen LogP contribution is 2.26. The second kappa shape index (κ2) is 7.96. The molecule has 1 fully saturated rings. The zero-order valence-electron chi connectivity index (χ0n) is 17.5. The van der Waals surface area contributed by atoms with Gasteiger partial charge in [0.05, 0.1) is 23.7 Å². The Morgan fingerprint density at radius 1 is 1.28 bits per heavy atom. The Balaban J connectivity index is 1.51. The monoisotopic (exact) mass is 395 g/mol. The van der Waals surface area contributed by atoms with Gasteiger partial charge in [-0.1, -0.05) is 12.1 Å². The summed E-state index contributed by atoms with van der Waals surface area (Å²) in [4.78, 5) is 17.9. The molecule has 2 N–H and O–H groups in total. The fraction of sp³-hybridized carbons (Fsp3) is 0.476. The van der Waals surface area contributed by atoms with Crippen LogP contribution in [0.15, 0.2) is 30.6 Å². The maximum atomic E-state index is 10.2. The summed E-state index contributed by atoms with van der Waals surface area (Å²) in [5, 5.41) is 13.5. The van der Waals surface area contributed by atoms with Crippen molar-refractivity contribution in [2.75, 3.05) is 37.4 Å². The average Bonchev–Trinajstić information content (AvgIpc) is 3.20. The van der Waals surface area contributed by atoms with E-state index in [1.54, 1.807) is 6.33 Å². The van der Waals surface area contributed by atoms with Crippen molar-refractivity contribution in [2.24, 2.45) is 7.05 Å². The first-order valence-corrected chi connectivity index (χ1v) is 9.98. The van der Waals surface area contributed by atoms with Crippen LogP contribution in [-0.2, 0) is 13.6 Å². The molecule has 8 heteroatoms. The number of anilines is 2. The maximum Gasteiger partial charge on any atom is 0.134 e. The van der Waals surface area contributed by atoms with E-state index in [0.717, 1.165) is 41.5 Å². The zero-order valence-corrected chi connectivity index (χ0v) is 17.5. The number of aliphatic hydroxyl groups excluding tert-OH is 1. The second-order valence-electron chi connectivity index (χ2n) is 8.10. The lowest BCUT2D eigenvalue weighted by atomic mass is 10.2. The van der Waals surface area contributed by atoms with E-state index >= 15 is 0 Å². The SMILES string of the molecule is Cc1cccc2nc(CNc3cc(N4C[C@H](O)C[C@@H]4CN(C)C)ncn3)n(C)c12.